The summed E-state index contributed by atoms with van der Waals surface area (Å²) >= 11 is 0. The summed E-state index contributed by atoms with van der Waals surface area (Å²) < 4.78 is 1.14. The topological polar surface area (TPSA) is 38.0 Å². The molecule has 1 heterocycles. The number of benzene rings is 1. The van der Waals surface area contributed by atoms with E-state index in [2.05, 4.69) is 24.5 Å². The van der Waals surface area contributed by atoms with E-state index in [0.29, 0.717) is 0 Å². The summed E-state index contributed by atoms with van der Waals surface area (Å²) in [6.07, 6.45) is 0. The minimum absolute atomic E-state index is 0.849. The highest BCUT2D eigenvalue weighted by molar-refractivity contribution is 5.39. The number of nitrogens with two attached hydrogens (primary N) is 1. The van der Waals surface area contributed by atoms with Gasteiger partial charge in [0.15, 0.2) is 0 Å². The van der Waals surface area contributed by atoms with Crippen molar-refractivity contribution in [3.05, 3.63) is 29.8 Å². The first kappa shape index (κ1) is 10.5. The average molecular weight is 206 g/mol. The summed E-state index contributed by atoms with van der Waals surface area (Å²) in [6, 6.07) is 8.26. The van der Waals surface area contributed by atoms with Crippen molar-refractivity contribution in [2.45, 2.75) is 6.54 Å². The molecule has 82 valence electrons. The second-order valence-electron chi connectivity index (χ2n) is 4.72. The SMILES string of the molecule is C[N+]1(Cc2ccc(N)cc2)CCNCC1. The van der Waals surface area contributed by atoms with Crippen LogP contribution < -0.4 is 11.1 Å². The van der Waals surface area contributed by atoms with E-state index in [1.54, 1.807) is 0 Å². The fraction of sp³-hybridized carbons (Fsp3) is 0.500. The molecule has 1 aliphatic rings. The fourth-order valence-electron chi connectivity index (χ4n) is 2.16. The second kappa shape index (κ2) is 4.21. The summed E-state index contributed by atoms with van der Waals surface area (Å²) in [5.74, 6) is 0. The van der Waals surface area contributed by atoms with E-state index in [-0.39, 0.29) is 0 Å². The average Bonchev–Trinajstić information content (AvgIpc) is 2.22. The predicted molar refractivity (Wildman–Crippen MR) is 63.3 cm³/mol. The van der Waals surface area contributed by atoms with Crippen LogP contribution >= 0.6 is 0 Å². The second-order valence-corrected chi connectivity index (χ2v) is 4.72. The lowest BCUT2D eigenvalue weighted by atomic mass is 10.1. The molecule has 2 rings (SSSR count). The molecule has 0 unspecified atom stereocenters. The van der Waals surface area contributed by atoms with Crippen LogP contribution in [-0.2, 0) is 6.54 Å². The Morgan fingerprint density at radius 1 is 1.20 bits per heavy atom. The van der Waals surface area contributed by atoms with Gasteiger partial charge in [-0.25, -0.2) is 0 Å². The number of nitrogens with one attached hydrogen (secondary N) is 1. The molecule has 0 aromatic heterocycles. The Hall–Kier alpha value is -1.06. The van der Waals surface area contributed by atoms with Crippen molar-refractivity contribution in [2.24, 2.45) is 0 Å². The van der Waals surface area contributed by atoms with Gasteiger partial charge in [0.2, 0.25) is 0 Å². The summed E-state index contributed by atoms with van der Waals surface area (Å²) in [4.78, 5) is 0. The summed E-state index contributed by atoms with van der Waals surface area (Å²) in [6.45, 7) is 5.80. The molecule has 1 aromatic carbocycles. The number of quaternary nitrogens is 1. The number of nitrogens with zero attached hydrogens (tertiary/aromatic N) is 1. The molecular weight excluding hydrogens is 186 g/mol. The molecule has 15 heavy (non-hydrogen) atoms. The van der Waals surface area contributed by atoms with Gasteiger partial charge in [-0.2, -0.15) is 0 Å². The van der Waals surface area contributed by atoms with Crippen molar-refractivity contribution < 1.29 is 4.48 Å². The molecule has 1 saturated heterocycles. The number of anilines is 1. The number of hydrogen-bond acceptors (Lipinski definition) is 2. The minimum atomic E-state index is 0.849. The highest BCUT2D eigenvalue weighted by atomic mass is 15.4. The summed E-state index contributed by atoms with van der Waals surface area (Å²) in [5, 5.41) is 3.40. The molecule has 0 radical (unpaired) electrons. The molecule has 1 aromatic rings. The third-order valence-electron chi connectivity index (χ3n) is 3.20. The third kappa shape index (κ3) is 2.70. The van der Waals surface area contributed by atoms with Crippen molar-refractivity contribution in [2.75, 3.05) is 39.0 Å². The van der Waals surface area contributed by atoms with E-state index in [9.17, 15) is 0 Å². The monoisotopic (exact) mass is 206 g/mol. The Kier molecular flexibility index (Phi) is 2.93. The maximum absolute atomic E-state index is 5.68. The first-order chi connectivity index (χ1) is 7.18. The Labute approximate surface area is 91.5 Å². The van der Waals surface area contributed by atoms with Gasteiger partial charge < -0.3 is 15.5 Å². The number of hydrogen-bond donors (Lipinski definition) is 2. The van der Waals surface area contributed by atoms with Crippen LogP contribution in [0.15, 0.2) is 24.3 Å². The Balaban J connectivity index is 2.03. The first-order valence-electron chi connectivity index (χ1n) is 5.57. The van der Waals surface area contributed by atoms with E-state index in [1.807, 2.05) is 12.1 Å². The number of rotatable bonds is 2. The highest BCUT2D eigenvalue weighted by Gasteiger charge is 2.24. The van der Waals surface area contributed by atoms with Gasteiger partial charge in [-0.3, -0.25) is 0 Å². The largest absolute Gasteiger partial charge is 0.399 e. The van der Waals surface area contributed by atoms with E-state index in [1.165, 1.54) is 18.7 Å². The standard InChI is InChI=1S/C12H20N3/c1-15(8-6-14-7-9-15)10-11-2-4-12(13)5-3-11/h2-5,14H,6-10,13H2,1H3/q+1. The molecule has 0 amide bonds. The van der Waals surface area contributed by atoms with Crippen molar-refractivity contribution in [3.63, 3.8) is 0 Å². The lowest BCUT2D eigenvalue weighted by molar-refractivity contribution is -0.924. The van der Waals surface area contributed by atoms with Crippen molar-refractivity contribution in [3.8, 4) is 0 Å². The fourth-order valence-corrected chi connectivity index (χ4v) is 2.16. The third-order valence-corrected chi connectivity index (χ3v) is 3.20. The molecule has 0 saturated carbocycles. The van der Waals surface area contributed by atoms with Crippen LogP contribution in [0, 0.1) is 0 Å². The molecule has 0 aliphatic carbocycles. The molecule has 0 atom stereocenters. The van der Waals surface area contributed by atoms with Crippen LogP contribution in [0.3, 0.4) is 0 Å². The molecule has 1 fully saturated rings. The van der Waals surface area contributed by atoms with Gasteiger partial charge in [0.05, 0.1) is 20.1 Å². The maximum atomic E-state index is 5.68. The van der Waals surface area contributed by atoms with Crippen LogP contribution in [0.1, 0.15) is 5.56 Å². The van der Waals surface area contributed by atoms with Crippen LogP contribution in [0.2, 0.25) is 0 Å². The van der Waals surface area contributed by atoms with E-state index in [0.717, 1.165) is 29.8 Å². The summed E-state index contributed by atoms with van der Waals surface area (Å²) in [7, 11) is 2.33. The molecular formula is C12H20N3+. The minimum Gasteiger partial charge on any atom is -0.399 e. The molecule has 3 nitrogen and oxygen atoms in total. The summed E-state index contributed by atoms with van der Waals surface area (Å²) in [5.41, 5.74) is 7.91. The zero-order chi connectivity index (χ0) is 10.7. The lowest BCUT2D eigenvalue weighted by Crippen LogP contribution is -2.55. The highest BCUT2D eigenvalue weighted by Crippen LogP contribution is 2.14. The van der Waals surface area contributed by atoms with Gasteiger partial charge in [0, 0.05) is 24.3 Å². The number of piperazine rings is 1. The molecule has 1 aliphatic heterocycles. The van der Waals surface area contributed by atoms with Crippen LogP contribution in [-0.4, -0.2) is 37.7 Å². The maximum Gasteiger partial charge on any atom is 0.104 e. The van der Waals surface area contributed by atoms with E-state index in [4.69, 9.17) is 5.73 Å². The Morgan fingerprint density at radius 2 is 1.80 bits per heavy atom. The Morgan fingerprint density at radius 3 is 2.40 bits per heavy atom. The molecule has 3 N–H and O–H groups in total. The van der Waals surface area contributed by atoms with E-state index < -0.39 is 0 Å². The molecule has 0 spiro atoms. The number of nitrogen functional groups attached to an aromatic ring is 1. The molecule has 3 heteroatoms. The smallest absolute Gasteiger partial charge is 0.104 e. The van der Waals surface area contributed by atoms with Crippen molar-refractivity contribution in [1.82, 2.24) is 5.32 Å². The first-order valence-corrected chi connectivity index (χ1v) is 5.57. The Bertz CT molecular complexity index is 312. The van der Waals surface area contributed by atoms with Gasteiger partial charge in [-0.1, -0.05) is 12.1 Å². The van der Waals surface area contributed by atoms with Gasteiger partial charge in [0.1, 0.15) is 6.54 Å². The van der Waals surface area contributed by atoms with Crippen molar-refractivity contribution in [1.29, 1.82) is 0 Å². The van der Waals surface area contributed by atoms with Gasteiger partial charge in [-0.05, 0) is 12.1 Å². The predicted octanol–water partition coefficient (Wildman–Crippen LogP) is 0.819. The van der Waals surface area contributed by atoms with Gasteiger partial charge >= 0.3 is 0 Å². The van der Waals surface area contributed by atoms with Crippen LogP contribution in [0.4, 0.5) is 5.69 Å². The van der Waals surface area contributed by atoms with Gasteiger partial charge in [-0.15, -0.1) is 0 Å². The van der Waals surface area contributed by atoms with Crippen LogP contribution in [0.5, 0.6) is 0 Å². The number of likely N-dealkylation sites (N-methyl/N-ethyl adjacent to an activating group) is 1. The zero-order valence-electron chi connectivity index (χ0n) is 9.37. The zero-order valence-corrected chi connectivity index (χ0v) is 9.37. The quantitative estimate of drug-likeness (QED) is 0.555. The van der Waals surface area contributed by atoms with Gasteiger partial charge in [0.25, 0.3) is 0 Å². The van der Waals surface area contributed by atoms with E-state index >= 15 is 0 Å². The normalized spacial score (nSPS) is 20.1. The molecule has 0 bridgehead atoms. The van der Waals surface area contributed by atoms with Crippen LogP contribution in [0.25, 0.3) is 0 Å². The van der Waals surface area contributed by atoms with Crippen molar-refractivity contribution >= 4 is 5.69 Å². The lowest BCUT2D eigenvalue weighted by Gasteiger charge is -2.38.